The van der Waals surface area contributed by atoms with Gasteiger partial charge in [0.15, 0.2) is 0 Å². The van der Waals surface area contributed by atoms with Gasteiger partial charge in [-0.15, -0.1) is 0 Å². The summed E-state index contributed by atoms with van der Waals surface area (Å²) in [5.41, 5.74) is 8.76. The molecule has 19 heavy (non-hydrogen) atoms. The van der Waals surface area contributed by atoms with Crippen LogP contribution in [-0.2, 0) is 0 Å². The lowest BCUT2D eigenvalue weighted by Gasteiger charge is -2.09. The van der Waals surface area contributed by atoms with E-state index in [0.717, 1.165) is 16.9 Å². The molecule has 3 nitrogen and oxygen atoms in total. The summed E-state index contributed by atoms with van der Waals surface area (Å²) in [5, 5.41) is 0. The third-order valence-electron chi connectivity index (χ3n) is 3.22. The Morgan fingerprint density at radius 3 is 2.53 bits per heavy atom. The molecule has 0 atom stereocenters. The van der Waals surface area contributed by atoms with Crippen LogP contribution < -0.4 is 15.2 Å². The second-order valence-corrected chi connectivity index (χ2v) is 4.80. The van der Waals surface area contributed by atoms with E-state index in [-0.39, 0.29) is 0 Å². The number of anilines is 1. The monoisotopic (exact) mass is 255 g/mol. The Morgan fingerprint density at radius 1 is 1.05 bits per heavy atom. The fourth-order valence-electron chi connectivity index (χ4n) is 2.04. The smallest absolute Gasteiger partial charge is 0.141 e. The molecular formula is C16H17NO2. The van der Waals surface area contributed by atoms with Crippen LogP contribution in [0.2, 0.25) is 0 Å². The Bertz CT molecular complexity index is 591. The second-order valence-electron chi connectivity index (χ2n) is 4.80. The minimum absolute atomic E-state index is 0.413. The van der Waals surface area contributed by atoms with Gasteiger partial charge in [-0.2, -0.15) is 0 Å². The number of nitrogens with two attached hydrogens (primary N) is 1. The summed E-state index contributed by atoms with van der Waals surface area (Å²) < 4.78 is 11.0. The number of ether oxygens (including phenoxy) is 2. The first-order chi connectivity index (χ1) is 9.26. The second kappa shape index (κ2) is 4.84. The normalized spacial score (nSPS) is 14.2. The van der Waals surface area contributed by atoms with Crippen molar-refractivity contribution in [3.8, 4) is 22.6 Å². The van der Waals surface area contributed by atoms with Crippen molar-refractivity contribution in [2.45, 2.75) is 18.9 Å². The molecule has 1 saturated carbocycles. The Labute approximate surface area is 113 Å². The highest BCUT2D eigenvalue weighted by atomic mass is 16.5. The van der Waals surface area contributed by atoms with E-state index >= 15 is 0 Å². The van der Waals surface area contributed by atoms with E-state index in [2.05, 4.69) is 12.1 Å². The maximum Gasteiger partial charge on any atom is 0.141 e. The van der Waals surface area contributed by atoms with Crippen molar-refractivity contribution in [2.24, 2.45) is 0 Å². The van der Waals surface area contributed by atoms with Crippen LogP contribution in [0.5, 0.6) is 11.5 Å². The predicted octanol–water partition coefficient (Wildman–Crippen LogP) is 3.49. The van der Waals surface area contributed by atoms with Crippen molar-refractivity contribution in [1.29, 1.82) is 0 Å². The minimum Gasteiger partial charge on any atom is -0.495 e. The average Bonchev–Trinajstić information content (AvgIpc) is 3.23. The molecule has 2 aromatic carbocycles. The Kier molecular flexibility index (Phi) is 3.03. The molecule has 1 aliphatic carbocycles. The highest BCUT2D eigenvalue weighted by Crippen LogP contribution is 2.32. The zero-order valence-corrected chi connectivity index (χ0v) is 10.9. The average molecular weight is 255 g/mol. The quantitative estimate of drug-likeness (QED) is 0.850. The highest BCUT2D eigenvalue weighted by Gasteiger charge is 2.23. The molecule has 1 aliphatic rings. The van der Waals surface area contributed by atoms with Gasteiger partial charge >= 0.3 is 0 Å². The summed E-state index contributed by atoms with van der Waals surface area (Å²) in [4.78, 5) is 0. The molecule has 2 N–H and O–H groups in total. The molecule has 0 amide bonds. The SMILES string of the molecule is COc1ccc(-c2cccc(OC3CC3)c2)cc1N. The summed E-state index contributed by atoms with van der Waals surface area (Å²) in [5.74, 6) is 1.63. The molecule has 0 spiro atoms. The summed E-state index contributed by atoms with van der Waals surface area (Å²) in [7, 11) is 1.62. The van der Waals surface area contributed by atoms with E-state index in [1.54, 1.807) is 7.11 Å². The molecule has 1 fully saturated rings. The van der Waals surface area contributed by atoms with Crippen LogP contribution in [-0.4, -0.2) is 13.2 Å². The molecule has 0 radical (unpaired) electrons. The summed E-state index contributed by atoms with van der Waals surface area (Å²) in [6, 6.07) is 13.9. The van der Waals surface area contributed by atoms with E-state index in [1.807, 2.05) is 30.3 Å². The van der Waals surface area contributed by atoms with E-state index in [9.17, 15) is 0 Å². The number of hydrogen-bond acceptors (Lipinski definition) is 3. The van der Waals surface area contributed by atoms with Gasteiger partial charge in [0.05, 0.1) is 18.9 Å². The molecule has 0 bridgehead atoms. The van der Waals surface area contributed by atoms with Gasteiger partial charge in [0, 0.05) is 0 Å². The molecule has 0 aromatic heterocycles. The first-order valence-electron chi connectivity index (χ1n) is 6.47. The molecule has 0 saturated heterocycles. The Hall–Kier alpha value is -2.16. The van der Waals surface area contributed by atoms with Crippen LogP contribution in [0.3, 0.4) is 0 Å². The maximum absolute atomic E-state index is 5.94. The molecule has 2 aromatic rings. The van der Waals surface area contributed by atoms with Gasteiger partial charge in [0.2, 0.25) is 0 Å². The van der Waals surface area contributed by atoms with Gasteiger partial charge in [-0.1, -0.05) is 18.2 Å². The topological polar surface area (TPSA) is 44.5 Å². The first kappa shape index (κ1) is 11.9. The molecule has 0 aliphatic heterocycles. The Morgan fingerprint density at radius 2 is 1.84 bits per heavy atom. The van der Waals surface area contributed by atoms with Gasteiger partial charge in [0.25, 0.3) is 0 Å². The predicted molar refractivity (Wildman–Crippen MR) is 76.5 cm³/mol. The van der Waals surface area contributed by atoms with Crippen molar-refractivity contribution in [3.05, 3.63) is 42.5 Å². The maximum atomic E-state index is 5.94. The van der Waals surface area contributed by atoms with Gasteiger partial charge in [-0.25, -0.2) is 0 Å². The fraction of sp³-hybridized carbons (Fsp3) is 0.250. The summed E-state index contributed by atoms with van der Waals surface area (Å²) in [6.45, 7) is 0. The van der Waals surface area contributed by atoms with Gasteiger partial charge in [-0.3, -0.25) is 0 Å². The van der Waals surface area contributed by atoms with Gasteiger partial charge in [0.1, 0.15) is 11.5 Å². The molecule has 0 heterocycles. The van der Waals surface area contributed by atoms with Gasteiger partial charge < -0.3 is 15.2 Å². The summed E-state index contributed by atoms with van der Waals surface area (Å²) in [6.07, 6.45) is 2.75. The van der Waals surface area contributed by atoms with Crippen LogP contribution in [0, 0.1) is 0 Å². The van der Waals surface area contributed by atoms with E-state index in [0.29, 0.717) is 17.5 Å². The third kappa shape index (κ3) is 2.65. The van der Waals surface area contributed by atoms with Crippen molar-refractivity contribution in [3.63, 3.8) is 0 Å². The lowest BCUT2D eigenvalue weighted by molar-refractivity contribution is 0.303. The standard InChI is InChI=1S/C16H17NO2/c1-18-16-8-5-12(10-15(16)17)11-3-2-4-14(9-11)19-13-6-7-13/h2-5,8-10,13H,6-7,17H2,1H3. The fourth-order valence-corrected chi connectivity index (χ4v) is 2.04. The number of hydrogen-bond donors (Lipinski definition) is 1. The van der Waals surface area contributed by atoms with Crippen LogP contribution in [0.4, 0.5) is 5.69 Å². The zero-order chi connectivity index (χ0) is 13.2. The molecule has 3 rings (SSSR count). The van der Waals surface area contributed by atoms with E-state index in [1.165, 1.54) is 12.8 Å². The van der Waals surface area contributed by atoms with Crippen LogP contribution in [0.1, 0.15) is 12.8 Å². The highest BCUT2D eigenvalue weighted by molar-refractivity contribution is 5.71. The van der Waals surface area contributed by atoms with Crippen molar-refractivity contribution < 1.29 is 9.47 Å². The number of nitrogen functional groups attached to an aromatic ring is 1. The van der Waals surface area contributed by atoms with Crippen LogP contribution >= 0.6 is 0 Å². The lowest BCUT2D eigenvalue weighted by atomic mass is 10.0. The van der Waals surface area contributed by atoms with Crippen molar-refractivity contribution >= 4 is 5.69 Å². The Balaban J connectivity index is 1.89. The van der Waals surface area contributed by atoms with Crippen LogP contribution in [0.25, 0.3) is 11.1 Å². The van der Waals surface area contributed by atoms with E-state index < -0.39 is 0 Å². The third-order valence-corrected chi connectivity index (χ3v) is 3.22. The summed E-state index contributed by atoms with van der Waals surface area (Å²) >= 11 is 0. The molecule has 3 heteroatoms. The largest absolute Gasteiger partial charge is 0.495 e. The molecular weight excluding hydrogens is 238 g/mol. The lowest BCUT2D eigenvalue weighted by Crippen LogP contribution is -1.96. The van der Waals surface area contributed by atoms with Gasteiger partial charge in [-0.05, 0) is 48.2 Å². The molecule has 0 unspecified atom stereocenters. The number of rotatable bonds is 4. The van der Waals surface area contributed by atoms with Crippen molar-refractivity contribution in [1.82, 2.24) is 0 Å². The number of benzene rings is 2. The minimum atomic E-state index is 0.413. The zero-order valence-electron chi connectivity index (χ0n) is 10.9. The van der Waals surface area contributed by atoms with Crippen LogP contribution in [0.15, 0.2) is 42.5 Å². The van der Waals surface area contributed by atoms with Crippen molar-refractivity contribution in [2.75, 3.05) is 12.8 Å². The molecule has 98 valence electrons. The first-order valence-corrected chi connectivity index (χ1v) is 6.47. The van der Waals surface area contributed by atoms with E-state index in [4.69, 9.17) is 15.2 Å². The number of methoxy groups -OCH3 is 1.